The number of hydrogen-bond donors (Lipinski definition) is 1. The van der Waals surface area contributed by atoms with Gasteiger partial charge in [-0.05, 0) is 35.9 Å². The fourth-order valence-electron chi connectivity index (χ4n) is 3.01. The Labute approximate surface area is 162 Å². The molecule has 6 heteroatoms. The van der Waals surface area contributed by atoms with Gasteiger partial charge in [0.1, 0.15) is 11.4 Å². The van der Waals surface area contributed by atoms with Crippen LogP contribution in [0.2, 0.25) is 0 Å². The summed E-state index contributed by atoms with van der Waals surface area (Å²) < 4.78 is 5.47. The number of amides is 1. The Morgan fingerprint density at radius 1 is 0.964 bits per heavy atom. The zero-order valence-electron chi connectivity index (χ0n) is 15.3. The molecule has 0 unspecified atom stereocenters. The Bertz CT molecular complexity index is 1130. The molecule has 138 valence electrons. The van der Waals surface area contributed by atoms with Gasteiger partial charge < -0.3 is 10.1 Å². The number of nitrogens with zero attached hydrogens (tertiary/aromatic N) is 3. The van der Waals surface area contributed by atoms with Crippen molar-refractivity contribution in [3.05, 3.63) is 84.6 Å². The van der Waals surface area contributed by atoms with E-state index < -0.39 is 0 Å². The highest BCUT2D eigenvalue weighted by Crippen LogP contribution is 2.33. The number of hydrogen-bond acceptors (Lipinski definition) is 5. The number of carbonyl (C=O) groups is 1. The molecule has 4 aromatic rings. The van der Waals surface area contributed by atoms with E-state index in [1.165, 1.54) is 0 Å². The maximum absolute atomic E-state index is 12.6. The molecule has 3 heterocycles. The van der Waals surface area contributed by atoms with Crippen LogP contribution in [0, 0.1) is 0 Å². The number of fused-ring (bicyclic) bond motifs is 1. The molecule has 0 radical (unpaired) electrons. The van der Waals surface area contributed by atoms with Gasteiger partial charge in [0.05, 0.1) is 12.6 Å². The summed E-state index contributed by atoms with van der Waals surface area (Å²) in [6.45, 7) is 0.413. The quantitative estimate of drug-likeness (QED) is 0.580. The Morgan fingerprint density at radius 3 is 2.61 bits per heavy atom. The van der Waals surface area contributed by atoms with E-state index >= 15 is 0 Å². The minimum absolute atomic E-state index is 0.235. The predicted octanol–water partition coefficient (Wildman–Crippen LogP) is 3.63. The summed E-state index contributed by atoms with van der Waals surface area (Å²) in [4.78, 5) is 25.5. The molecule has 28 heavy (non-hydrogen) atoms. The molecule has 6 nitrogen and oxygen atoms in total. The lowest BCUT2D eigenvalue weighted by Gasteiger charge is -2.11. The van der Waals surface area contributed by atoms with Gasteiger partial charge in [0, 0.05) is 47.8 Å². The van der Waals surface area contributed by atoms with Crippen molar-refractivity contribution in [1.29, 1.82) is 0 Å². The third-order valence-corrected chi connectivity index (χ3v) is 4.43. The van der Waals surface area contributed by atoms with Gasteiger partial charge in [-0.25, -0.2) is 4.98 Å². The second-order valence-corrected chi connectivity index (χ2v) is 6.19. The summed E-state index contributed by atoms with van der Waals surface area (Å²) in [5, 5.41) is 3.75. The SMILES string of the molecule is COc1ccccc1-c1cncc2ccc(C(=O)NCc3ccncc3)nc12. The fourth-order valence-corrected chi connectivity index (χ4v) is 3.01. The van der Waals surface area contributed by atoms with E-state index in [9.17, 15) is 4.79 Å². The minimum Gasteiger partial charge on any atom is -0.496 e. The highest BCUT2D eigenvalue weighted by atomic mass is 16.5. The molecular formula is C22H18N4O2. The average Bonchev–Trinajstić information content (AvgIpc) is 2.77. The molecule has 0 spiro atoms. The molecule has 0 atom stereocenters. The van der Waals surface area contributed by atoms with Crippen LogP contribution in [0.5, 0.6) is 5.75 Å². The highest BCUT2D eigenvalue weighted by molar-refractivity contribution is 5.99. The van der Waals surface area contributed by atoms with E-state index in [1.807, 2.05) is 42.5 Å². The Hall–Kier alpha value is -3.80. The number of ether oxygens (including phenoxy) is 1. The van der Waals surface area contributed by atoms with Gasteiger partial charge in [-0.15, -0.1) is 0 Å². The minimum atomic E-state index is -0.235. The summed E-state index contributed by atoms with van der Waals surface area (Å²) in [6.07, 6.45) is 6.87. The lowest BCUT2D eigenvalue weighted by Crippen LogP contribution is -2.23. The largest absolute Gasteiger partial charge is 0.496 e. The van der Waals surface area contributed by atoms with Crippen molar-refractivity contribution >= 4 is 16.8 Å². The van der Waals surface area contributed by atoms with Crippen molar-refractivity contribution in [3.8, 4) is 16.9 Å². The van der Waals surface area contributed by atoms with Crippen LogP contribution in [0.4, 0.5) is 0 Å². The first-order valence-electron chi connectivity index (χ1n) is 8.81. The normalized spacial score (nSPS) is 10.6. The Balaban J connectivity index is 1.69. The summed E-state index contributed by atoms with van der Waals surface area (Å²) in [7, 11) is 1.63. The van der Waals surface area contributed by atoms with Crippen LogP contribution >= 0.6 is 0 Å². The van der Waals surface area contributed by atoms with Crippen molar-refractivity contribution in [2.45, 2.75) is 6.54 Å². The highest BCUT2D eigenvalue weighted by Gasteiger charge is 2.14. The van der Waals surface area contributed by atoms with Gasteiger partial charge in [0.25, 0.3) is 5.91 Å². The second kappa shape index (κ2) is 7.84. The molecule has 0 saturated heterocycles. The number of nitrogens with one attached hydrogen (secondary N) is 1. The monoisotopic (exact) mass is 370 g/mol. The van der Waals surface area contributed by atoms with E-state index in [-0.39, 0.29) is 5.91 Å². The van der Waals surface area contributed by atoms with E-state index in [0.717, 1.165) is 27.8 Å². The number of aromatic nitrogens is 3. The van der Waals surface area contributed by atoms with Crippen LogP contribution < -0.4 is 10.1 Å². The first-order valence-corrected chi connectivity index (χ1v) is 8.81. The third-order valence-electron chi connectivity index (χ3n) is 4.43. The molecular weight excluding hydrogens is 352 g/mol. The van der Waals surface area contributed by atoms with E-state index in [2.05, 4.69) is 20.3 Å². The standard InChI is InChI=1S/C22H18N4O2/c1-28-20-5-3-2-4-17(20)18-14-24-13-16-6-7-19(26-21(16)18)22(27)25-12-15-8-10-23-11-9-15/h2-11,13-14H,12H2,1H3,(H,25,27). The lowest BCUT2D eigenvalue weighted by atomic mass is 10.0. The summed E-state index contributed by atoms with van der Waals surface area (Å²) in [5.41, 5.74) is 3.73. The van der Waals surface area contributed by atoms with Gasteiger partial charge in [0.15, 0.2) is 0 Å². The molecule has 0 aliphatic heterocycles. The van der Waals surface area contributed by atoms with Crippen LogP contribution in [-0.4, -0.2) is 28.0 Å². The van der Waals surface area contributed by atoms with Crippen molar-refractivity contribution in [2.24, 2.45) is 0 Å². The molecule has 0 saturated carbocycles. The van der Waals surface area contributed by atoms with Crippen molar-refractivity contribution in [1.82, 2.24) is 20.3 Å². The smallest absolute Gasteiger partial charge is 0.270 e. The number of para-hydroxylation sites is 1. The van der Waals surface area contributed by atoms with Gasteiger partial charge in [0.2, 0.25) is 0 Å². The van der Waals surface area contributed by atoms with Crippen molar-refractivity contribution in [2.75, 3.05) is 7.11 Å². The summed E-state index contributed by atoms with van der Waals surface area (Å²) >= 11 is 0. The van der Waals surface area contributed by atoms with Crippen LogP contribution in [0.15, 0.2) is 73.3 Å². The second-order valence-electron chi connectivity index (χ2n) is 6.19. The number of rotatable bonds is 5. The number of carbonyl (C=O) groups excluding carboxylic acids is 1. The number of benzene rings is 1. The van der Waals surface area contributed by atoms with Gasteiger partial charge in [-0.1, -0.05) is 18.2 Å². The molecule has 1 aromatic carbocycles. The van der Waals surface area contributed by atoms with Crippen molar-refractivity contribution < 1.29 is 9.53 Å². The molecule has 0 fully saturated rings. The topological polar surface area (TPSA) is 77.0 Å². The Kier molecular flexibility index (Phi) is 4.93. The molecule has 1 amide bonds. The zero-order valence-corrected chi connectivity index (χ0v) is 15.3. The number of pyridine rings is 3. The van der Waals surface area contributed by atoms with Crippen LogP contribution in [-0.2, 0) is 6.54 Å². The van der Waals surface area contributed by atoms with Gasteiger partial charge >= 0.3 is 0 Å². The van der Waals surface area contributed by atoms with Crippen LogP contribution in [0.3, 0.4) is 0 Å². The summed E-state index contributed by atoms with van der Waals surface area (Å²) in [5.74, 6) is 0.493. The average molecular weight is 370 g/mol. The van der Waals surface area contributed by atoms with Crippen molar-refractivity contribution in [3.63, 3.8) is 0 Å². The molecule has 1 N–H and O–H groups in total. The predicted molar refractivity (Wildman–Crippen MR) is 107 cm³/mol. The van der Waals surface area contributed by atoms with Gasteiger partial charge in [-0.2, -0.15) is 0 Å². The zero-order chi connectivity index (χ0) is 19.3. The lowest BCUT2D eigenvalue weighted by molar-refractivity contribution is 0.0946. The number of methoxy groups -OCH3 is 1. The molecule has 4 rings (SSSR count). The molecule has 0 aliphatic rings. The van der Waals surface area contributed by atoms with Gasteiger partial charge in [-0.3, -0.25) is 14.8 Å². The molecule has 0 bridgehead atoms. The van der Waals surface area contributed by atoms with Crippen LogP contribution in [0.25, 0.3) is 22.0 Å². The Morgan fingerprint density at radius 2 is 1.79 bits per heavy atom. The maximum Gasteiger partial charge on any atom is 0.270 e. The first-order chi connectivity index (χ1) is 13.8. The van der Waals surface area contributed by atoms with Crippen LogP contribution in [0.1, 0.15) is 16.1 Å². The molecule has 0 aliphatic carbocycles. The first kappa shape index (κ1) is 17.6. The molecule has 3 aromatic heterocycles. The maximum atomic E-state index is 12.6. The van der Waals surface area contributed by atoms with E-state index in [1.54, 1.807) is 38.0 Å². The third kappa shape index (κ3) is 3.53. The van der Waals surface area contributed by atoms with E-state index in [0.29, 0.717) is 17.8 Å². The van der Waals surface area contributed by atoms with E-state index in [4.69, 9.17) is 4.74 Å². The summed E-state index contributed by atoms with van der Waals surface area (Å²) in [6, 6.07) is 15.0. The fraction of sp³-hybridized carbons (Fsp3) is 0.0909.